The molecular weight excluding hydrogens is 245 g/mol. The molecule has 0 spiro atoms. The summed E-state index contributed by atoms with van der Waals surface area (Å²) in [6.07, 6.45) is 0. The third kappa shape index (κ3) is 309. The van der Waals surface area contributed by atoms with Gasteiger partial charge in [-0.05, 0) is 0 Å². The molecule has 0 rings (SSSR count). The van der Waals surface area contributed by atoms with Crippen LogP contribution >= 0.6 is 0 Å². The molecule has 0 saturated heterocycles. The summed E-state index contributed by atoms with van der Waals surface area (Å²) in [6.45, 7) is 0. The zero-order chi connectivity index (χ0) is 3.58. The van der Waals surface area contributed by atoms with E-state index in [9.17, 15) is 0 Å². The minimum Gasteiger partial charge on any atom is -0.412 e. The molecule has 0 aliphatic carbocycles. The van der Waals surface area contributed by atoms with Crippen LogP contribution in [0, 0.1) is 52.6 Å². The molecule has 6 heteroatoms. The maximum Gasteiger partial charge on any atom is 0.0689 e. The SMILES string of the molecule is O.O=[N+]([O-])[O-].[Er]. The van der Waals surface area contributed by atoms with Crippen LogP contribution in [0.5, 0.6) is 0 Å². The Morgan fingerprint density at radius 2 is 1.33 bits per heavy atom. The summed E-state index contributed by atoms with van der Waals surface area (Å²) in [5, 5.41) is 14.8. The Bertz CT molecular complexity index is 30.5. The van der Waals surface area contributed by atoms with E-state index in [1.807, 2.05) is 0 Å². The summed E-state index contributed by atoms with van der Waals surface area (Å²) in [5.74, 6) is 0. The molecule has 0 saturated carbocycles. The summed E-state index contributed by atoms with van der Waals surface area (Å²) >= 11 is 0. The molecule has 44 valence electrons. The molecule has 0 amide bonds. The van der Waals surface area contributed by atoms with Crippen LogP contribution < -0.4 is 0 Å². The zero-order valence-corrected chi connectivity index (χ0v) is 4.31. The number of hydrogen-bond donors (Lipinski definition) is 0. The Balaban J connectivity index is -0.0000000450. The van der Waals surface area contributed by atoms with E-state index in [1.54, 1.807) is 0 Å². The van der Waals surface area contributed by atoms with Crippen LogP contribution in [0.3, 0.4) is 0 Å². The molecule has 6 heavy (non-hydrogen) atoms. The third-order valence-electron chi connectivity index (χ3n) is 0. The molecule has 0 aromatic heterocycles. The largest absolute Gasteiger partial charge is 0.412 e. The summed E-state index contributed by atoms with van der Waals surface area (Å²) in [4.78, 5) is 8.25. The fraction of sp³-hybridized carbons (Fsp3) is 0. The molecular formula is H2ErNO4-. The van der Waals surface area contributed by atoms with E-state index >= 15 is 0 Å². The van der Waals surface area contributed by atoms with Crippen molar-refractivity contribution in [2.45, 2.75) is 0 Å². The Morgan fingerprint density at radius 1 is 1.33 bits per heavy atom. The minimum absolute atomic E-state index is 0. The fourth-order valence-electron chi connectivity index (χ4n) is 0. The molecule has 2 N–H and O–H groups in total. The van der Waals surface area contributed by atoms with Crippen LogP contribution in [0.15, 0.2) is 0 Å². The van der Waals surface area contributed by atoms with Gasteiger partial charge in [0, 0.05) is 37.3 Å². The molecule has 0 atom stereocenters. The Kier molecular flexibility index (Phi) is 24.3. The van der Waals surface area contributed by atoms with Crippen molar-refractivity contribution >= 4 is 0 Å². The van der Waals surface area contributed by atoms with Gasteiger partial charge in [0.1, 0.15) is 0 Å². The van der Waals surface area contributed by atoms with E-state index < -0.39 is 5.09 Å². The first-order valence-electron chi connectivity index (χ1n) is 0.548. The van der Waals surface area contributed by atoms with Gasteiger partial charge in [-0.1, -0.05) is 0 Å². The quantitative estimate of drug-likeness (QED) is 0.403. The molecule has 0 aromatic carbocycles. The van der Waals surface area contributed by atoms with E-state index in [1.165, 1.54) is 0 Å². The van der Waals surface area contributed by atoms with Gasteiger partial charge in [0.05, 0.1) is 5.09 Å². The second-order valence-electron chi connectivity index (χ2n) is 0.224. The molecule has 0 fully saturated rings. The summed E-state index contributed by atoms with van der Waals surface area (Å²) in [7, 11) is 0. The van der Waals surface area contributed by atoms with Crippen LogP contribution in [0.1, 0.15) is 0 Å². The maximum atomic E-state index is 8.25. The van der Waals surface area contributed by atoms with Crippen molar-refractivity contribution in [2.24, 2.45) is 0 Å². The van der Waals surface area contributed by atoms with Crippen molar-refractivity contribution < 1.29 is 47.9 Å². The Hall–Kier alpha value is 0.407. The Labute approximate surface area is 63.0 Å². The molecule has 0 aliphatic heterocycles. The second-order valence-corrected chi connectivity index (χ2v) is 0.224. The van der Waals surface area contributed by atoms with Gasteiger partial charge in [-0.3, -0.25) is 0 Å². The first kappa shape index (κ1) is 16.1. The molecule has 0 aromatic rings. The van der Waals surface area contributed by atoms with Crippen molar-refractivity contribution in [2.75, 3.05) is 0 Å². The van der Waals surface area contributed by atoms with Crippen LogP contribution in [-0.4, -0.2) is 10.6 Å². The molecule has 0 radical (unpaired) electrons. The second kappa shape index (κ2) is 9.05. The van der Waals surface area contributed by atoms with Gasteiger partial charge < -0.3 is 20.8 Å². The molecule has 0 heterocycles. The minimum atomic E-state index is -1.75. The zero-order valence-electron chi connectivity index (χ0n) is 2.46. The van der Waals surface area contributed by atoms with Gasteiger partial charge in [-0.25, -0.2) is 0 Å². The summed E-state index contributed by atoms with van der Waals surface area (Å²) in [6, 6.07) is 0. The van der Waals surface area contributed by atoms with Crippen LogP contribution in [0.2, 0.25) is 0 Å². The topological polar surface area (TPSA) is 97.7 Å². The number of nitrogens with zero attached hydrogens (tertiary/aromatic N) is 1. The molecule has 5 nitrogen and oxygen atoms in total. The van der Waals surface area contributed by atoms with Crippen molar-refractivity contribution in [3.05, 3.63) is 15.3 Å². The third-order valence-corrected chi connectivity index (χ3v) is 0. The first-order chi connectivity index (χ1) is 1.73. The van der Waals surface area contributed by atoms with Crippen molar-refractivity contribution in [1.29, 1.82) is 0 Å². The van der Waals surface area contributed by atoms with Gasteiger partial charge in [-0.2, -0.15) is 0 Å². The maximum absolute atomic E-state index is 8.25. The van der Waals surface area contributed by atoms with Crippen LogP contribution in [-0.2, 0) is 0 Å². The first-order valence-corrected chi connectivity index (χ1v) is 0.548. The van der Waals surface area contributed by atoms with Gasteiger partial charge >= 0.3 is 0 Å². The van der Waals surface area contributed by atoms with Crippen molar-refractivity contribution in [1.82, 2.24) is 0 Å². The monoisotopic (exact) mass is 246 g/mol. The molecule has 0 bridgehead atoms. The van der Waals surface area contributed by atoms with E-state index in [4.69, 9.17) is 15.3 Å². The van der Waals surface area contributed by atoms with Crippen LogP contribution in [0.25, 0.3) is 0 Å². The summed E-state index contributed by atoms with van der Waals surface area (Å²) < 4.78 is 0. The van der Waals surface area contributed by atoms with Crippen molar-refractivity contribution in [3.63, 3.8) is 0 Å². The predicted molar refractivity (Wildman–Crippen MR) is 14.0 cm³/mol. The fourth-order valence-corrected chi connectivity index (χ4v) is 0. The van der Waals surface area contributed by atoms with Crippen molar-refractivity contribution in [3.8, 4) is 0 Å². The van der Waals surface area contributed by atoms with E-state index in [2.05, 4.69) is 0 Å². The molecule has 0 unspecified atom stereocenters. The van der Waals surface area contributed by atoms with E-state index in [0.29, 0.717) is 0 Å². The normalized spacial score (nSPS) is 4.00. The number of rotatable bonds is 0. The van der Waals surface area contributed by atoms with Crippen LogP contribution in [0.4, 0.5) is 0 Å². The standard InChI is InChI=1S/Er.NO3.H2O/c;2-1(3)4;/h;;1H2/q;-1;. The van der Waals surface area contributed by atoms with Gasteiger partial charge in [0.25, 0.3) is 0 Å². The van der Waals surface area contributed by atoms with Gasteiger partial charge in [-0.15, -0.1) is 0 Å². The summed E-state index contributed by atoms with van der Waals surface area (Å²) in [5.41, 5.74) is 0. The van der Waals surface area contributed by atoms with Gasteiger partial charge in [0.15, 0.2) is 0 Å². The van der Waals surface area contributed by atoms with E-state index in [0.717, 1.165) is 0 Å². The average molecular weight is 247 g/mol. The predicted octanol–water partition coefficient (Wildman–Crippen LogP) is -1.06. The van der Waals surface area contributed by atoms with Gasteiger partial charge in [0.2, 0.25) is 0 Å². The average Bonchev–Trinajstić information content (AvgIpc) is 0.811. The van der Waals surface area contributed by atoms with E-state index in [-0.39, 0.29) is 42.8 Å². The Morgan fingerprint density at radius 3 is 1.33 bits per heavy atom. The molecule has 0 aliphatic rings. The number of hydrogen-bond acceptors (Lipinski definition) is 3. The smallest absolute Gasteiger partial charge is 0.0689 e.